The van der Waals surface area contributed by atoms with Crippen LogP contribution in [0.15, 0.2) is 59.7 Å². The third kappa shape index (κ3) is 3.15. The smallest absolute Gasteiger partial charge is 0.269 e. The van der Waals surface area contributed by atoms with Gasteiger partial charge in [0, 0.05) is 12.1 Å². The summed E-state index contributed by atoms with van der Waals surface area (Å²) in [6.45, 7) is 0. The van der Waals surface area contributed by atoms with E-state index in [-0.39, 0.29) is 5.69 Å². The second kappa shape index (κ2) is 5.58. The van der Waals surface area contributed by atoms with Crippen molar-refractivity contribution in [3.63, 3.8) is 0 Å². The van der Waals surface area contributed by atoms with Crippen LogP contribution in [-0.4, -0.2) is 11.1 Å². The maximum absolute atomic E-state index is 10.5. The maximum Gasteiger partial charge on any atom is 0.269 e. The second-order valence-electron chi connectivity index (χ2n) is 3.58. The number of anilines is 1. The summed E-state index contributed by atoms with van der Waals surface area (Å²) in [7, 11) is 0. The molecule has 2 aromatic rings. The third-order valence-corrected chi connectivity index (χ3v) is 2.28. The number of nitrogens with zero attached hydrogens (tertiary/aromatic N) is 2. The number of nitro groups is 1. The number of non-ortho nitro benzene ring substituents is 1. The molecule has 0 aromatic heterocycles. The first kappa shape index (κ1) is 11.8. The summed E-state index contributed by atoms with van der Waals surface area (Å²) in [5, 5.41) is 14.5. The molecule has 0 bridgehead atoms. The van der Waals surface area contributed by atoms with E-state index in [1.165, 1.54) is 12.1 Å². The Hall–Kier alpha value is -2.69. The van der Waals surface area contributed by atoms with Gasteiger partial charge in [-0.05, 0) is 29.8 Å². The highest BCUT2D eigenvalue weighted by Crippen LogP contribution is 2.10. The Balaban J connectivity index is 1.99. The van der Waals surface area contributed by atoms with Gasteiger partial charge in [-0.15, -0.1) is 0 Å². The molecule has 5 heteroatoms. The Kier molecular flexibility index (Phi) is 3.66. The minimum absolute atomic E-state index is 0.0724. The van der Waals surface area contributed by atoms with Crippen LogP contribution in [0.25, 0.3) is 0 Å². The number of nitro benzene ring substituents is 1. The lowest BCUT2D eigenvalue weighted by atomic mass is 10.2. The summed E-state index contributed by atoms with van der Waals surface area (Å²) in [6.07, 6.45) is 1.61. The average molecular weight is 241 g/mol. The number of hydrazone groups is 1. The standard InChI is InChI=1S/C13H11N3O2/c17-16(18)13-8-6-11(7-9-13)10-14-15-12-4-2-1-3-5-12/h1-10,15H/b14-10+. The van der Waals surface area contributed by atoms with Gasteiger partial charge >= 0.3 is 0 Å². The fourth-order valence-corrected chi connectivity index (χ4v) is 1.38. The molecule has 0 amide bonds. The van der Waals surface area contributed by atoms with Crippen molar-refractivity contribution in [3.8, 4) is 0 Å². The minimum Gasteiger partial charge on any atom is -0.279 e. The summed E-state index contributed by atoms with van der Waals surface area (Å²) >= 11 is 0. The maximum atomic E-state index is 10.5. The zero-order valence-electron chi connectivity index (χ0n) is 9.48. The third-order valence-electron chi connectivity index (χ3n) is 2.28. The highest BCUT2D eigenvalue weighted by atomic mass is 16.6. The first-order valence-electron chi connectivity index (χ1n) is 5.34. The van der Waals surface area contributed by atoms with Crippen molar-refractivity contribution in [1.82, 2.24) is 0 Å². The summed E-state index contributed by atoms with van der Waals surface area (Å²) < 4.78 is 0. The molecule has 0 heterocycles. The summed E-state index contributed by atoms with van der Waals surface area (Å²) in [5.41, 5.74) is 4.62. The molecule has 0 unspecified atom stereocenters. The predicted molar refractivity (Wildman–Crippen MR) is 70.8 cm³/mol. The lowest BCUT2D eigenvalue weighted by molar-refractivity contribution is -0.384. The molecule has 0 spiro atoms. The van der Waals surface area contributed by atoms with Gasteiger partial charge in [-0.1, -0.05) is 18.2 Å². The van der Waals surface area contributed by atoms with Crippen LogP contribution in [0.3, 0.4) is 0 Å². The molecule has 18 heavy (non-hydrogen) atoms. The second-order valence-corrected chi connectivity index (χ2v) is 3.58. The van der Waals surface area contributed by atoms with Crippen molar-refractivity contribution < 1.29 is 4.92 Å². The van der Waals surface area contributed by atoms with Crippen LogP contribution in [0, 0.1) is 10.1 Å². The van der Waals surface area contributed by atoms with Crippen LogP contribution in [0.2, 0.25) is 0 Å². The number of hydrogen-bond donors (Lipinski definition) is 1. The molecule has 1 N–H and O–H groups in total. The Morgan fingerprint density at radius 1 is 1.06 bits per heavy atom. The van der Waals surface area contributed by atoms with Crippen LogP contribution >= 0.6 is 0 Å². The molecular weight excluding hydrogens is 230 g/mol. The normalized spacial score (nSPS) is 10.4. The minimum atomic E-state index is -0.427. The van der Waals surface area contributed by atoms with Gasteiger partial charge in [-0.3, -0.25) is 15.5 Å². The predicted octanol–water partition coefficient (Wildman–Crippen LogP) is 3.04. The fraction of sp³-hybridized carbons (Fsp3) is 0. The average Bonchev–Trinajstić information content (AvgIpc) is 2.40. The van der Waals surface area contributed by atoms with Crippen molar-refractivity contribution >= 4 is 17.6 Å². The summed E-state index contributed by atoms with van der Waals surface area (Å²) in [4.78, 5) is 10.0. The molecule has 0 radical (unpaired) electrons. The van der Waals surface area contributed by atoms with Crippen molar-refractivity contribution in [2.24, 2.45) is 5.10 Å². The Labute approximate surface area is 104 Å². The number of para-hydroxylation sites is 1. The number of benzene rings is 2. The zero-order valence-corrected chi connectivity index (χ0v) is 9.48. The van der Waals surface area contributed by atoms with E-state index in [9.17, 15) is 10.1 Å². The molecule has 0 saturated carbocycles. The number of nitrogens with one attached hydrogen (secondary N) is 1. The molecule has 5 nitrogen and oxygen atoms in total. The number of rotatable bonds is 4. The van der Waals surface area contributed by atoms with E-state index in [1.54, 1.807) is 18.3 Å². The van der Waals surface area contributed by atoms with Crippen molar-refractivity contribution in [1.29, 1.82) is 0 Å². The molecule has 2 aromatic carbocycles. The molecule has 90 valence electrons. The van der Waals surface area contributed by atoms with E-state index in [4.69, 9.17) is 0 Å². The highest BCUT2D eigenvalue weighted by molar-refractivity contribution is 5.80. The van der Waals surface area contributed by atoms with Gasteiger partial charge in [-0.25, -0.2) is 0 Å². The fourth-order valence-electron chi connectivity index (χ4n) is 1.38. The molecule has 0 saturated heterocycles. The molecule has 2 rings (SSSR count). The first-order valence-corrected chi connectivity index (χ1v) is 5.34. The quantitative estimate of drug-likeness (QED) is 0.508. The molecule has 0 aliphatic carbocycles. The van der Waals surface area contributed by atoms with Gasteiger partial charge in [-0.2, -0.15) is 5.10 Å². The Bertz CT molecular complexity index is 550. The number of hydrogen-bond acceptors (Lipinski definition) is 4. The van der Waals surface area contributed by atoms with Gasteiger partial charge in [0.15, 0.2) is 0 Å². The highest BCUT2D eigenvalue weighted by Gasteiger charge is 2.02. The largest absolute Gasteiger partial charge is 0.279 e. The lowest BCUT2D eigenvalue weighted by Gasteiger charge is -1.98. The van der Waals surface area contributed by atoms with Gasteiger partial charge in [0.25, 0.3) is 5.69 Å². The molecular formula is C13H11N3O2. The van der Waals surface area contributed by atoms with E-state index in [0.29, 0.717) is 0 Å². The summed E-state index contributed by atoms with van der Waals surface area (Å²) in [5.74, 6) is 0. The van der Waals surface area contributed by atoms with Crippen LogP contribution in [0.4, 0.5) is 11.4 Å². The topological polar surface area (TPSA) is 67.5 Å². The molecule has 0 aliphatic heterocycles. The van der Waals surface area contributed by atoms with Gasteiger partial charge in [0.2, 0.25) is 0 Å². The van der Waals surface area contributed by atoms with Crippen molar-refractivity contribution in [2.75, 3.05) is 5.43 Å². The molecule has 0 aliphatic rings. The van der Waals surface area contributed by atoms with Gasteiger partial charge < -0.3 is 0 Å². The molecule has 0 fully saturated rings. The van der Waals surface area contributed by atoms with Crippen LogP contribution in [-0.2, 0) is 0 Å². The Morgan fingerprint density at radius 2 is 1.72 bits per heavy atom. The van der Waals surface area contributed by atoms with E-state index < -0.39 is 4.92 Å². The first-order chi connectivity index (χ1) is 8.75. The van der Waals surface area contributed by atoms with Gasteiger partial charge in [0.05, 0.1) is 16.8 Å². The van der Waals surface area contributed by atoms with Crippen molar-refractivity contribution in [3.05, 3.63) is 70.3 Å². The van der Waals surface area contributed by atoms with Crippen molar-refractivity contribution in [2.45, 2.75) is 0 Å². The van der Waals surface area contributed by atoms with E-state index >= 15 is 0 Å². The Morgan fingerprint density at radius 3 is 2.33 bits per heavy atom. The molecule has 0 atom stereocenters. The zero-order chi connectivity index (χ0) is 12.8. The van der Waals surface area contributed by atoms with Gasteiger partial charge in [0.1, 0.15) is 0 Å². The van der Waals surface area contributed by atoms with E-state index in [1.807, 2.05) is 30.3 Å². The van der Waals surface area contributed by atoms with Crippen LogP contribution in [0.5, 0.6) is 0 Å². The van der Waals surface area contributed by atoms with Crippen LogP contribution < -0.4 is 5.43 Å². The van der Waals surface area contributed by atoms with Crippen LogP contribution in [0.1, 0.15) is 5.56 Å². The lowest BCUT2D eigenvalue weighted by Crippen LogP contribution is -1.91. The van der Waals surface area contributed by atoms with E-state index in [0.717, 1.165) is 11.3 Å². The van der Waals surface area contributed by atoms with E-state index in [2.05, 4.69) is 10.5 Å². The SMILES string of the molecule is O=[N+]([O-])c1ccc(/C=N/Nc2ccccc2)cc1. The summed E-state index contributed by atoms with van der Waals surface area (Å²) in [6, 6.07) is 15.7. The monoisotopic (exact) mass is 241 g/mol.